The van der Waals surface area contributed by atoms with Gasteiger partial charge in [-0.25, -0.2) is 0 Å². The van der Waals surface area contributed by atoms with E-state index in [1.165, 1.54) is 5.56 Å². The lowest BCUT2D eigenvalue weighted by molar-refractivity contribution is 0.0906. The van der Waals surface area contributed by atoms with Crippen molar-refractivity contribution >= 4 is 40.9 Å². The van der Waals surface area contributed by atoms with Crippen LogP contribution < -0.4 is 5.32 Å². The Bertz CT molecular complexity index is 893. The Morgan fingerprint density at radius 3 is 2.76 bits per heavy atom. The highest BCUT2D eigenvalue weighted by Gasteiger charge is 2.25. The van der Waals surface area contributed by atoms with E-state index in [0.29, 0.717) is 19.1 Å². The van der Waals surface area contributed by atoms with Crippen LogP contribution in [0, 0.1) is 5.92 Å². The summed E-state index contributed by atoms with van der Waals surface area (Å²) in [5.41, 5.74) is 2.15. The number of aliphatic imine (C=N–C) groups is 1. The largest absolute Gasteiger partial charge is 0.459 e. The quantitative estimate of drug-likeness (QED) is 0.301. The van der Waals surface area contributed by atoms with Gasteiger partial charge in [0.05, 0.1) is 19.8 Å². The molecule has 0 spiro atoms. The summed E-state index contributed by atoms with van der Waals surface area (Å²) in [6, 6.07) is 20.5. The van der Waals surface area contributed by atoms with Gasteiger partial charge in [-0.1, -0.05) is 48.5 Å². The number of nitrogens with zero attached hydrogens (tertiary/aromatic N) is 2. The fraction of sp³-hybridized carbons (Fsp3) is 0.348. The molecule has 1 N–H and O–H groups in total. The van der Waals surface area contributed by atoms with Crippen molar-refractivity contribution in [2.75, 3.05) is 26.7 Å². The van der Waals surface area contributed by atoms with Crippen LogP contribution >= 0.6 is 24.0 Å². The van der Waals surface area contributed by atoms with Gasteiger partial charge in [-0.3, -0.25) is 4.99 Å². The Labute approximate surface area is 189 Å². The van der Waals surface area contributed by atoms with Gasteiger partial charge < -0.3 is 19.4 Å². The minimum Gasteiger partial charge on any atom is -0.459 e. The van der Waals surface area contributed by atoms with Gasteiger partial charge in [0, 0.05) is 31.4 Å². The number of rotatable bonds is 6. The van der Waals surface area contributed by atoms with E-state index in [0.717, 1.165) is 48.8 Å². The standard InChI is InChI=1S/C23H27N3O2.HI/c1-24-23(25-14-21-13-20-9-5-6-10-22(20)28-21)26-12-11-19(15-26)17-27-16-18-7-3-2-4-8-18;/h2-10,13,19H,11-12,14-17H2,1H3,(H,24,25);1H. The summed E-state index contributed by atoms with van der Waals surface area (Å²) in [6.07, 6.45) is 1.13. The minimum absolute atomic E-state index is 0. The van der Waals surface area contributed by atoms with Crippen molar-refractivity contribution in [3.05, 3.63) is 72.0 Å². The van der Waals surface area contributed by atoms with Crippen molar-refractivity contribution in [2.24, 2.45) is 10.9 Å². The summed E-state index contributed by atoms with van der Waals surface area (Å²) < 4.78 is 11.8. The molecule has 6 heteroatoms. The smallest absolute Gasteiger partial charge is 0.194 e. The van der Waals surface area contributed by atoms with Crippen molar-refractivity contribution in [1.82, 2.24) is 10.2 Å². The molecule has 29 heavy (non-hydrogen) atoms. The summed E-state index contributed by atoms with van der Waals surface area (Å²) >= 11 is 0. The first-order valence-corrected chi connectivity index (χ1v) is 9.86. The van der Waals surface area contributed by atoms with E-state index < -0.39 is 0 Å². The lowest BCUT2D eigenvalue weighted by Gasteiger charge is -2.21. The van der Waals surface area contributed by atoms with Gasteiger partial charge >= 0.3 is 0 Å². The van der Waals surface area contributed by atoms with Crippen molar-refractivity contribution < 1.29 is 9.15 Å². The Morgan fingerprint density at radius 1 is 1.17 bits per heavy atom. The number of likely N-dealkylation sites (tertiary alicyclic amines) is 1. The van der Waals surface area contributed by atoms with Gasteiger partial charge in [0.1, 0.15) is 11.3 Å². The zero-order valence-electron chi connectivity index (χ0n) is 16.7. The number of para-hydroxylation sites is 1. The van der Waals surface area contributed by atoms with Gasteiger partial charge in [-0.05, 0) is 24.1 Å². The van der Waals surface area contributed by atoms with Gasteiger partial charge in [0.2, 0.25) is 0 Å². The molecule has 1 aromatic heterocycles. The topological polar surface area (TPSA) is 50.0 Å². The zero-order chi connectivity index (χ0) is 19.2. The highest BCUT2D eigenvalue weighted by Crippen LogP contribution is 2.20. The molecule has 1 fully saturated rings. The van der Waals surface area contributed by atoms with Crippen LogP contribution in [-0.2, 0) is 17.9 Å². The van der Waals surface area contributed by atoms with Crippen LogP contribution in [0.3, 0.4) is 0 Å². The van der Waals surface area contributed by atoms with E-state index in [9.17, 15) is 0 Å². The molecule has 5 nitrogen and oxygen atoms in total. The first kappa shape index (κ1) is 21.6. The normalized spacial score (nSPS) is 16.8. The summed E-state index contributed by atoms with van der Waals surface area (Å²) in [6.45, 7) is 4.06. The third-order valence-corrected chi connectivity index (χ3v) is 5.16. The predicted molar refractivity (Wildman–Crippen MR) is 128 cm³/mol. The molecule has 1 aliphatic heterocycles. The van der Waals surface area contributed by atoms with E-state index in [4.69, 9.17) is 9.15 Å². The molecule has 4 rings (SSSR count). The van der Waals surface area contributed by atoms with E-state index >= 15 is 0 Å². The van der Waals surface area contributed by atoms with Crippen LogP contribution in [0.1, 0.15) is 17.7 Å². The molecule has 2 aromatic carbocycles. The van der Waals surface area contributed by atoms with E-state index in [1.54, 1.807) is 0 Å². The first-order chi connectivity index (χ1) is 13.8. The molecule has 0 radical (unpaired) electrons. The molecule has 1 saturated heterocycles. The van der Waals surface area contributed by atoms with Gasteiger partial charge in [0.15, 0.2) is 5.96 Å². The van der Waals surface area contributed by atoms with Crippen molar-refractivity contribution in [3.8, 4) is 0 Å². The van der Waals surface area contributed by atoms with Crippen LogP contribution in [0.15, 0.2) is 70.1 Å². The average molecular weight is 505 g/mol. The maximum Gasteiger partial charge on any atom is 0.194 e. The van der Waals surface area contributed by atoms with E-state index in [1.807, 2.05) is 43.4 Å². The molecule has 1 aliphatic rings. The summed E-state index contributed by atoms with van der Waals surface area (Å²) in [7, 11) is 1.83. The van der Waals surface area contributed by atoms with Crippen LogP contribution in [0.2, 0.25) is 0 Å². The van der Waals surface area contributed by atoms with Crippen molar-refractivity contribution in [1.29, 1.82) is 0 Å². The summed E-state index contributed by atoms with van der Waals surface area (Å²) in [4.78, 5) is 6.76. The van der Waals surface area contributed by atoms with Crippen LogP contribution in [0.5, 0.6) is 0 Å². The van der Waals surface area contributed by atoms with Crippen molar-refractivity contribution in [2.45, 2.75) is 19.6 Å². The fourth-order valence-electron chi connectivity index (χ4n) is 3.70. The van der Waals surface area contributed by atoms with Gasteiger partial charge in [0.25, 0.3) is 0 Å². The molecule has 1 unspecified atom stereocenters. The zero-order valence-corrected chi connectivity index (χ0v) is 19.0. The predicted octanol–water partition coefficient (Wildman–Crippen LogP) is 4.66. The highest BCUT2D eigenvalue weighted by molar-refractivity contribution is 14.0. The number of guanidine groups is 1. The number of fused-ring (bicyclic) bond motifs is 1. The molecule has 1 atom stereocenters. The third kappa shape index (κ3) is 5.73. The Kier molecular flexibility index (Phi) is 7.94. The molecular formula is C23H28IN3O2. The molecule has 0 saturated carbocycles. The number of ether oxygens (including phenoxy) is 1. The van der Waals surface area contributed by atoms with Crippen molar-refractivity contribution in [3.63, 3.8) is 0 Å². The Balaban J connectivity index is 0.00000240. The van der Waals surface area contributed by atoms with E-state index in [-0.39, 0.29) is 24.0 Å². The molecular weight excluding hydrogens is 477 g/mol. The SMILES string of the molecule is CN=C(NCc1cc2ccccc2o1)N1CCC(COCc2ccccc2)C1.I. The molecule has 154 valence electrons. The lowest BCUT2D eigenvalue weighted by Crippen LogP contribution is -2.39. The highest BCUT2D eigenvalue weighted by atomic mass is 127. The average Bonchev–Trinajstić information content (AvgIpc) is 3.36. The Morgan fingerprint density at radius 2 is 1.97 bits per heavy atom. The maximum absolute atomic E-state index is 5.93. The molecule has 0 amide bonds. The fourth-order valence-corrected chi connectivity index (χ4v) is 3.70. The number of nitrogens with one attached hydrogen (secondary N) is 1. The third-order valence-electron chi connectivity index (χ3n) is 5.16. The molecule has 2 heterocycles. The number of halogens is 1. The summed E-state index contributed by atoms with van der Waals surface area (Å²) in [5, 5.41) is 4.56. The Hall–Kier alpha value is -2.06. The molecule has 3 aromatic rings. The lowest BCUT2D eigenvalue weighted by atomic mass is 10.1. The number of furan rings is 1. The number of hydrogen-bond acceptors (Lipinski definition) is 3. The number of hydrogen-bond donors (Lipinski definition) is 1. The van der Waals surface area contributed by atoms with Gasteiger partial charge in [-0.15, -0.1) is 24.0 Å². The second kappa shape index (κ2) is 10.6. The van der Waals surface area contributed by atoms with Gasteiger partial charge in [-0.2, -0.15) is 0 Å². The summed E-state index contributed by atoms with van der Waals surface area (Å²) in [5.74, 6) is 2.38. The maximum atomic E-state index is 5.93. The minimum atomic E-state index is 0. The van der Waals surface area contributed by atoms with E-state index in [2.05, 4.69) is 39.5 Å². The second-order valence-electron chi connectivity index (χ2n) is 7.25. The molecule has 0 bridgehead atoms. The van der Waals surface area contributed by atoms with Crippen LogP contribution in [0.25, 0.3) is 11.0 Å². The molecule has 0 aliphatic carbocycles. The van der Waals surface area contributed by atoms with Crippen LogP contribution in [-0.4, -0.2) is 37.6 Å². The van der Waals surface area contributed by atoms with Crippen LogP contribution in [0.4, 0.5) is 0 Å². The first-order valence-electron chi connectivity index (χ1n) is 9.86. The second-order valence-corrected chi connectivity index (χ2v) is 7.25. The monoisotopic (exact) mass is 505 g/mol. The number of benzene rings is 2.